The number of amides is 2. The van der Waals surface area contributed by atoms with E-state index in [0.717, 1.165) is 16.7 Å². The third-order valence-electron chi connectivity index (χ3n) is 3.34. The first kappa shape index (κ1) is 18.1. The van der Waals surface area contributed by atoms with Crippen molar-refractivity contribution in [1.29, 1.82) is 0 Å². The standard InChI is InChI=1S/C20H21N3O2/c1-15-7-6-10-18(12-15)20(25)21-14-19(24)23-22-13-16(2)11-17-8-4-3-5-9-17/h3-13H,14H2,1-2H3,(H,21,25)(H,23,24)/b16-11-,22-13+. The number of allylic oxidation sites excluding steroid dienone is 1. The van der Waals surface area contributed by atoms with Crippen LogP contribution >= 0.6 is 0 Å². The number of benzene rings is 2. The zero-order chi connectivity index (χ0) is 18.1. The van der Waals surface area contributed by atoms with Gasteiger partial charge in [0.1, 0.15) is 0 Å². The van der Waals surface area contributed by atoms with Crippen LogP contribution in [-0.2, 0) is 4.79 Å². The average Bonchev–Trinajstić information content (AvgIpc) is 2.60. The lowest BCUT2D eigenvalue weighted by Gasteiger charge is -2.05. The summed E-state index contributed by atoms with van der Waals surface area (Å²) in [5.41, 5.74) is 5.86. The van der Waals surface area contributed by atoms with Crippen LogP contribution < -0.4 is 10.7 Å². The molecule has 0 aromatic heterocycles. The maximum atomic E-state index is 11.9. The third kappa shape index (κ3) is 6.43. The highest BCUT2D eigenvalue weighted by Gasteiger charge is 2.07. The summed E-state index contributed by atoms with van der Waals surface area (Å²) in [7, 11) is 0. The van der Waals surface area contributed by atoms with Gasteiger partial charge in [0.05, 0.1) is 12.8 Å². The van der Waals surface area contributed by atoms with Crippen LogP contribution in [-0.4, -0.2) is 24.6 Å². The molecule has 0 aliphatic carbocycles. The molecule has 25 heavy (non-hydrogen) atoms. The second-order valence-corrected chi connectivity index (χ2v) is 5.64. The van der Waals surface area contributed by atoms with E-state index in [1.54, 1.807) is 24.4 Å². The lowest BCUT2D eigenvalue weighted by Crippen LogP contribution is -2.34. The summed E-state index contributed by atoms with van der Waals surface area (Å²) >= 11 is 0. The van der Waals surface area contributed by atoms with E-state index >= 15 is 0 Å². The summed E-state index contributed by atoms with van der Waals surface area (Å²) < 4.78 is 0. The Balaban J connectivity index is 1.78. The van der Waals surface area contributed by atoms with Gasteiger partial charge in [-0.3, -0.25) is 9.59 Å². The van der Waals surface area contributed by atoms with Crippen molar-refractivity contribution >= 4 is 24.1 Å². The van der Waals surface area contributed by atoms with Gasteiger partial charge in [0.15, 0.2) is 0 Å². The molecule has 0 atom stereocenters. The fourth-order valence-electron chi connectivity index (χ4n) is 2.14. The number of carbonyl (C=O) groups is 2. The average molecular weight is 335 g/mol. The van der Waals surface area contributed by atoms with Crippen molar-refractivity contribution in [3.05, 3.63) is 76.9 Å². The largest absolute Gasteiger partial charge is 0.343 e. The molecule has 0 saturated heterocycles. The van der Waals surface area contributed by atoms with Gasteiger partial charge < -0.3 is 5.32 Å². The molecule has 0 radical (unpaired) electrons. The normalized spacial score (nSPS) is 11.4. The van der Waals surface area contributed by atoms with E-state index in [9.17, 15) is 9.59 Å². The van der Waals surface area contributed by atoms with E-state index in [2.05, 4.69) is 15.8 Å². The maximum absolute atomic E-state index is 11.9. The maximum Gasteiger partial charge on any atom is 0.259 e. The van der Waals surface area contributed by atoms with E-state index < -0.39 is 0 Å². The fraction of sp³-hybridized carbons (Fsp3) is 0.150. The summed E-state index contributed by atoms with van der Waals surface area (Å²) in [6.07, 6.45) is 3.52. The predicted molar refractivity (Wildman–Crippen MR) is 100 cm³/mol. The molecular weight excluding hydrogens is 314 g/mol. The van der Waals surface area contributed by atoms with E-state index in [-0.39, 0.29) is 18.4 Å². The van der Waals surface area contributed by atoms with Crippen LogP contribution in [0.4, 0.5) is 0 Å². The zero-order valence-electron chi connectivity index (χ0n) is 14.3. The number of carbonyl (C=O) groups excluding carboxylic acids is 2. The Hall–Kier alpha value is -3.21. The number of aryl methyl sites for hydroxylation is 1. The Labute approximate surface area is 147 Å². The van der Waals surface area contributed by atoms with E-state index in [4.69, 9.17) is 0 Å². The number of hydrazone groups is 1. The van der Waals surface area contributed by atoms with Gasteiger partial charge in [0.2, 0.25) is 0 Å². The Morgan fingerprint density at radius 3 is 2.56 bits per heavy atom. The Morgan fingerprint density at radius 2 is 1.84 bits per heavy atom. The number of rotatable bonds is 6. The molecule has 128 valence electrons. The van der Waals surface area contributed by atoms with Crippen LogP contribution in [0.5, 0.6) is 0 Å². The highest BCUT2D eigenvalue weighted by molar-refractivity contribution is 5.96. The first-order valence-electron chi connectivity index (χ1n) is 7.95. The fourth-order valence-corrected chi connectivity index (χ4v) is 2.14. The van der Waals surface area contributed by atoms with Crippen LogP contribution in [0.15, 0.2) is 65.3 Å². The Morgan fingerprint density at radius 1 is 1.08 bits per heavy atom. The molecule has 2 aromatic carbocycles. The number of nitrogens with zero attached hydrogens (tertiary/aromatic N) is 1. The second kappa shape index (κ2) is 9.17. The lowest BCUT2D eigenvalue weighted by atomic mass is 10.1. The quantitative estimate of drug-likeness (QED) is 0.629. The minimum absolute atomic E-state index is 0.133. The molecule has 2 rings (SSSR count). The molecule has 0 heterocycles. The Bertz CT molecular complexity index is 796. The minimum atomic E-state index is -0.384. The SMILES string of the molecule is CC(=C/c1ccccc1)/C=N/NC(=O)CNC(=O)c1cccc(C)c1. The molecule has 0 fully saturated rings. The van der Waals surface area contributed by atoms with Crippen LogP contribution in [0.3, 0.4) is 0 Å². The van der Waals surface area contributed by atoms with Gasteiger partial charge in [0.25, 0.3) is 11.8 Å². The first-order valence-corrected chi connectivity index (χ1v) is 7.95. The van der Waals surface area contributed by atoms with Crippen molar-refractivity contribution in [3.63, 3.8) is 0 Å². The summed E-state index contributed by atoms with van der Waals surface area (Å²) in [5.74, 6) is -0.673. The van der Waals surface area contributed by atoms with Crippen LogP contribution in [0.25, 0.3) is 6.08 Å². The highest BCUT2D eigenvalue weighted by Crippen LogP contribution is 2.04. The smallest absolute Gasteiger partial charge is 0.259 e. The van der Waals surface area contributed by atoms with Crippen molar-refractivity contribution < 1.29 is 9.59 Å². The molecule has 0 spiro atoms. The van der Waals surface area contributed by atoms with E-state index in [1.807, 2.05) is 56.3 Å². The van der Waals surface area contributed by atoms with E-state index in [1.165, 1.54) is 0 Å². The van der Waals surface area contributed by atoms with Crippen molar-refractivity contribution in [2.45, 2.75) is 13.8 Å². The van der Waals surface area contributed by atoms with Gasteiger partial charge in [-0.25, -0.2) is 5.43 Å². The molecular formula is C20H21N3O2. The van der Waals surface area contributed by atoms with Crippen molar-refractivity contribution in [3.8, 4) is 0 Å². The molecule has 2 N–H and O–H groups in total. The summed E-state index contributed by atoms with van der Waals surface area (Å²) in [6, 6.07) is 17.0. The topological polar surface area (TPSA) is 70.6 Å². The number of hydrogen-bond acceptors (Lipinski definition) is 3. The Kier molecular flexibility index (Phi) is 6.65. The molecule has 2 aromatic rings. The number of hydrogen-bond donors (Lipinski definition) is 2. The molecule has 0 saturated carbocycles. The van der Waals surface area contributed by atoms with Crippen LogP contribution in [0.1, 0.15) is 28.4 Å². The van der Waals surface area contributed by atoms with Gasteiger partial charge in [-0.2, -0.15) is 5.10 Å². The summed E-state index contributed by atoms with van der Waals surface area (Å²) in [6.45, 7) is 3.66. The third-order valence-corrected chi connectivity index (χ3v) is 3.34. The van der Waals surface area contributed by atoms with Gasteiger partial charge in [-0.05, 0) is 37.1 Å². The van der Waals surface area contributed by atoms with Gasteiger partial charge in [0, 0.05) is 5.56 Å². The highest BCUT2D eigenvalue weighted by atomic mass is 16.2. The van der Waals surface area contributed by atoms with Gasteiger partial charge >= 0.3 is 0 Å². The lowest BCUT2D eigenvalue weighted by molar-refractivity contribution is -0.120. The van der Waals surface area contributed by atoms with Gasteiger partial charge in [-0.15, -0.1) is 0 Å². The predicted octanol–water partition coefficient (Wildman–Crippen LogP) is 2.93. The molecule has 0 unspecified atom stereocenters. The molecule has 0 aliphatic rings. The van der Waals surface area contributed by atoms with Crippen LogP contribution in [0.2, 0.25) is 0 Å². The van der Waals surface area contributed by atoms with Crippen molar-refractivity contribution in [2.75, 3.05) is 6.54 Å². The zero-order valence-corrected chi connectivity index (χ0v) is 14.3. The molecule has 5 heteroatoms. The van der Waals surface area contributed by atoms with E-state index in [0.29, 0.717) is 5.56 Å². The summed E-state index contributed by atoms with van der Waals surface area (Å²) in [5, 5.41) is 6.45. The second-order valence-electron chi connectivity index (χ2n) is 5.64. The van der Waals surface area contributed by atoms with Crippen molar-refractivity contribution in [2.24, 2.45) is 5.10 Å². The number of nitrogens with one attached hydrogen (secondary N) is 2. The molecule has 2 amide bonds. The van der Waals surface area contributed by atoms with Crippen LogP contribution in [0, 0.1) is 6.92 Å². The monoisotopic (exact) mass is 335 g/mol. The van der Waals surface area contributed by atoms with Crippen molar-refractivity contribution in [1.82, 2.24) is 10.7 Å². The minimum Gasteiger partial charge on any atom is -0.343 e. The van der Waals surface area contributed by atoms with Gasteiger partial charge in [-0.1, -0.05) is 54.1 Å². The summed E-state index contributed by atoms with van der Waals surface area (Å²) in [4.78, 5) is 23.7. The first-order chi connectivity index (χ1) is 12.0. The molecule has 0 bridgehead atoms. The molecule has 5 nitrogen and oxygen atoms in total. The molecule has 0 aliphatic heterocycles.